The molecule has 11 nitrogen and oxygen atoms in total. The first-order chi connectivity index (χ1) is 25.6. The lowest BCUT2D eigenvalue weighted by molar-refractivity contribution is -0.136. The van der Waals surface area contributed by atoms with Gasteiger partial charge < -0.3 is 15.1 Å². The van der Waals surface area contributed by atoms with Crippen LogP contribution in [0.5, 0.6) is 0 Å². The number of para-hydroxylation sites is 1. The van der Waals surface area contributed by atoms with E-state index in [9.17, 15) is 14.4 Å². The van der Waals surface area contributed by atoms with Crippen LogP contribution < -0.4 is 11.0 Å². The van der Waals surface area contributed by atoms with E-state index in [2.05, 4.69) is 45.9 Å². The SMILES string of the molecule is CC(C)(C)N1CCN(CCNc2c(F)cccc2C2S[C@H](CC(=O)N3CCC(n4c(=O)[nH]c5ncccc54)CC3)C(=O)N2CCc2ccccc2)CC1. The fourth-order valence-corrected chi connectivity index (χ4v) is 9.48. The number of rotatable bonds is 11. The molecule has 2 N–H and O–H groups in total. The lowest BCUT2D eigenvalue weighted by Gasteiger charge is -2.42. The molecule has 2 aromatic heterocycles. The number of H-pyrrole nitrogens is 1. The maximum absolute atomic E-state index is 15.6. The number of piperidine rings is 1. The van der Waals surface area contributed by atoms with Crippen molar-refractivity contribution in [2.24, 2.45) is 0 Å². The molecule has 3 aliphatic rings. The number of amides is 2. The summed E-state index contributed by atoms with van der Waals surface area (Å²) in [6.07, 6.45) is 3.65. The third-order valence-electron chi connectivity index (χ3n) is 11.0. The molecule has 2 amide bonds. The molecule has 13 heteroatoms. The van der Waals surface area contributed by atoms with Crippen molar-refractivity contribution in [3.63, 3.8) is 0 Å². The number of pyridine rings is 1. The summed E-state index contributed by atoms with van der Waals surface area (Å²) in [6.45, 7) is 13.5. The first kappa shape index (κ1) is 37.1. The minimum atomic E-state index is -0.585. The zero-order valence-electron chi connectivity index (χ0n) is 31.0. The van der Waals surface area contributed by atoms with E-state index in [1.807, 2.05) is 58.3 Å². The summed E-state index contributed by atoms with van der Waals surface area (Å²) in [5.74, 6) is -0.511. The van der Waals surface area contributed by atoms with E-state index < -0.39 is 10.6 Å². The number of fused-ring (bicyclic) bond motifs is 1. The second-order valence-electron chi connectivity index (χ2n) is 15.4. The Morgan fingerprint density at radius 3 is 2.43 bits per heavy atom. The van der Waals surface area contributed by atoms with Crippen molar-refractivity contribution < 1.29 is 14.0 Å². The Balaban J connectivity index is 1.03. The zero-order chi connectivity index (χ0) is 37.1. The van der Waals surface area contributed by atoms with Gasteiger partial charge in [0.25, 0.3) is 0 Å². The summed E-state index contributed by atoms with van der Waals surface area (Å²) in [5.41, 5.74) is 3.54. The van der Waals surface area contributed by atoms with Crippen molar-refractivity contribution in [3.05, 3.63) is 94.3 Å². The summed E-state index contributed by atoms with van der Waals surface area (Å²) >= 11 is 1.45. The Hall–Kier alpha value is -4.20. The summed E-state index contributed by atoms with van der Waals surface area (Å²) in [6, 6.07) is 18.8. The second-order valence-corrected chi connectivity index (χ2v) is 16.6. The first-order valence-corrected chi connectivity index (χ1v) is 19.8. The van der Waals surface area contributed by atoms with Crippen molar-refractivity contribution >= 4 is 40.4 Å². The lowest BCUT2D eigenvalue weighted by atomic mass is 10.0. The van der Waals surface area contributed by atoms with Crippen molar-refractivity contribution in [2.75, 3.05) is 64.2 Å². The Labute approximate surface area is 314 Å². The Morgan fingerprint density at radius 2 is 1.70 bits per heavy atom. The zero-order valence-corrected chi connectivity index (χ0v) is 31.8. The number of halogens is 1. The van der Waals surface area contributed by atoms with Crippen LogP contribution in [0.1, 0.15) is 62.6 Å². The number of carbonyl (C=O) groups is 2. The normalized spacial score (nSPS) is 20.8. The molecule has 1 unspecified atom stereocenters. The molecule has 3 saturated heterocycles. The van der Waals surface area contributed by atoms with Gasteiger partial charge in [0.1, 0.15) is 11.2 Å². The van der Waals surface area contributed by atoms with E-state index in [4.69, 9.17) is 0 Å². The standard InChI is InChI=1S/C40H51FN8O3S/c1-40(2,3)47-25-23-45(24-26-47)22-18-42-35-30(11-7-12-31(35)41)38-48(21-14-28-9-5-4-6-10-28)37(51)33(53-38)27-34(50)46-19-15-29(16-20-46)49-32-13-8-17-43-36(32)44-39(49)52/h4-13,17,29,33,38,42H,14-16,18-27H2,1-3H3,(H,43,44,52)/t33-,38?/m1/s1. The van der Waals surface area contributed by atoms with Gasteiger partial charge in [-0.2, -0.15) is 0 Å². The number of hydrogen-bond donors (Lipinski definition) is 2. The molecule has 7 rings (SSSR count). The number of thioether (sulfide) groups is 1. The summed E-state index contributed by atoms with van der Waals surface area (Å²) in [4.78, 5) is 56.4. The first-order valence-electron chi connectivity index (χ1n) is 18.9. The molecule has 282 valence electrons. The number of piperazine rings is 1. The van der Waals surface area contributed by atoms with Gasteiger partial charge in [0.05, 0.1) is 16.5 Å². The van der Waals surface area contributed by atoms with Crippen LogP contribution in [0.4, 0.5) is 10.1 Å². The molecule has 2 atom stereocenters. The summed E-state index contributed by atoms with van der Waals surface area (Å²) in [7, 11) is 0. The quantitative estimate of drug-likeness (QED) is 0.218. The van der Waals surface area contributed by atoms with E-state index in [-0.39, 0.29) is 41.3 Å². The average Bonchev–Trinajstić information content (AvgIpc) is 3.66. The highest BCUT2D eigenvalue weighted by atomic mass is 32.2. The van der Waals surface area contributed by atoms with Gasteiger partial charge in [0, 0.05) is 88.7 Å². The minimum Gasteiger partial charge on any atom is -0.381 e. The van der Waals surface area contributed by atoms with Crippen LogP contribution in [0.2, 0.25) is 0 Å². The van der Waals surface area contributed by atoms with Gasteiger partial charge in [-0.1, -0.05) is 42.5 Å². The molecule has 3 fully saturated rings. The second kappa shape index (κ2) is 16.0. The monoisotopic (exact) mass is 742 g/mol. The summed E-state index contributed by atoms with van der Waals surface area (Å²) < 4.78 is 17.4. The van der Waals surface area contributed by atoms with Crippen LogP contribution in [0, 0.1) is 5.82 Å². The number of likely N-dealkylation sites (tertiary alicyclic amines) is 1. The molecule has 3 aliphatic heterocycles. The van der Waals surface area contributed by atoms with Crippen LogP contribution in [0.3, 0.4) is 0 Å². The predicted octanol–water partition coefficient (Wildman–Crippen LogP) is 5.13. The molecular weight excluding hydrogens is 692 g/mol. The van der Waals surface area contributed by atoms with Gasteiger partial charge in [-0.3, -0.25) is 28.9 Å². The Bertz CT molecular complexity index is 1950. The molecule has 0 saturated carbocycles. The fraction of sp³-hybridized carbons (Fsp3) is 0.500. The molecule has 4 aromatic rings. The van der Waals surface area contributed by atoms with Gasteiger partial charge in [-0.15, -0.1) is 11.8 Å². The van der Waals surface area contributed by atoms with Crippen LogP contribution in [0.25, 0.3) is 11.2 Å². The number of hydrogen-bond acceptors (Lipinski definition) is 8. The predicted molar refractivity (Wildman–Crippen MR) is 208 cm³/mol. The van der Waals surface area contributed by atoms with E-state index in [0.29, 0.717) is 56.8 Å². The number of aromatic amines is 1. The highest BCUT2D eigenvalue weighted by Gasteiger charge is 2.43. The van der Waals surface area contributed by atoms with Crippen LogP contribution in [0.15, 0.2) is 71.7 Å². The van der Waals surface area contributed by atoms with E-state index in [1.54, 1.807) is 16.8 Å². The third kappa shape index (κ3) is 8.32. The number of aromatic nitrogens is 3. The maximum atomic E-state index is 15.6. The average molecular weight is 743 g/mol. The van der Waals surface area contributed by atoms with Crippen LogP contribution >= 0.6 is 11.8 Å². The summed E-state index contributed by atoms with van der Waals surface area (Å²) in [5, 5.41) is 2.38. The van der Waals surface area contributed by atoms with Gasteiger partial charge in [0.2, 0.25) is 11.8 Å². The molecule has 0 bridgehead atoms. The number of imidazole rings is 1. The molecule has 2 aromatic carbocycles. The third-order valence-corrected chi connectivity index (χ3v) is 12.5. The van der Waals surface area contributed by atoms with Crippen LogP contribution in [-0.4, -0.2) is 116 Å². The number of carbonyl (C=O) groups excluding carboxylic acids is 2. The topological polar surface area (TPSA) is 110 Å². The Morgan fingerprint density at radius 1 is 0.943 bits per heavy atom. The van der Waals surface area contributed by atoms with Crippen molar-refractivity contribution in [3.8, 4) is 0 Å². The van der Waals surface area contributed by atoms with Gasteiger partial charge in [0.15, 0.2) is 5.65 Å². The Kier molecular flexibility index (Phi) is 11.2. The van der Waals surface area contributed by atoms with Gasteiger partial charge >= 0.3 is 5.69 Å². The largest absolute Gasteiger partial charge is 0.381 e. The van der Waals surface area contributed by atoms with Crippen molar-refractivity contribution in [1.29, 1.82) is 0 Å². The number of nitrogens with zero attached hydrogens (tertiary/aromatic N) is 6. The fourth-order valence-electron chi connectivity index (χ4n) is 7.98. The minimum absolute atomic E-state index is 0.0446. The highest BCUT2D eigenvalue weighted by molar-refractivity contribution is 8.01. The van der Waals surface area contributed by atoms with E-state index in [1.165, 1.54) is 17.8 Å². The van der Waals surface area contributed by atoms with E-state index >= 15 is 4.39 Å². The van der Waals surface area contributed by atoms with E-state index in [0.717, 1.165) is 49.4 Å². The van der Waals surface area contributed by atoms with Crippen molar-refractivity contribution in [2.45, 2.75) is 68.7 Å². The van der Waals surface area contributed by atoms with Crippen LogP contribution in [-0.2, 0) is 16.0 Å². The molecule has 0 aliphatic carbocycles. The molecular formula is C40H51FN8O3S. The van der Waals surface area contributed by atoms with Gasteiger partial charge in [-0.25, -0.2) is 14.2 Å². The van der Waals surface area contributed by atoms with Gasteiger partial charge in [-0.05, 0) is 63.8 Å². The molecule has 0 radical (unpaired) electrons. The number of benzene rings is 2. The van der Waals surface area contributed by atoms with Crippen molar-refractivity contribution in [1.82, 2.24) is 34.1 Å². The molecule has 0 spiro atoms. The number of anilines is 1. The smallest absolute Gasteiger partial charge is 0.327 e. The highest BCUT2D eigenvalue weighted by Crippen LogP contribution is 2.47. The maximum Gasteiger partial charge on any atom is 0.327 e. The lowest BCUT2D eigenvalue weighted by Crippen LogP contribution is -2.53. The number of nitrogens with one attached hydrogen (secondary N) is 2. The molecule has 5 heterocycles. The molecule has 53 heavy (non-hydrogen) atoms.